The number of phosphoric acid groups is 2. The Bertz CT molecular complexity index is 1550. The van der Waals surface area contributed by atoms with Gasteiger partial charge in [0.05, 0.1) is 26.4 Å². The average molecular weight is 1160 g/mol. The number of unbranched alkanes of at least 4 members (excludes halogenated alkanes) is 27. The lowest BCUT2D eigenvalue weighted by molar-refractivity contribution is -0.161. The predicted molar refractivity (Wildman–Crippen MR) is 308 cm³/mol. The first-order valence-electron chi connectivity index (χ1n) is 31.0. The molecule has 19 heteroatoms. The van der Waals surface area contributed by atoms with Crippen molar-refractivity contribution >= 4 is 39.5 Å². The van der Waals surface area contributed by atoms with Gasteiger partial charge in [0.25, 0.3) is 0 Å². The van der Waals surface area contributed by atoms with Gasteiger partial charge in [-0.1, -0.05) is 234 Å². The molecule has 0 aliphatic heterocycles. The number of carbonyl (C=O) groups excluding carboxylic acids is 4. The second kappa shape index (κ2) is 51.9. The molecular formula is C59H114O17P2. The normalized spacial score (nSPS) is 14.8. The summed E-state index contributed by atoms with van der Waals surface area (Å²) in [6.07, 6.45) is 32.3. The van der Waals surface area contributed by atoms with Crippen LogP contribution >= 0.6 is 15.6 Å². The van der Waals surface area contributed by atoms with Gasteiger partial charge in [0.15, 0.2) is 12.2 Å². The van der Waals surface area contributed by atoms with Crippen molar-refractivity contribution in [3.8, 4) is 0 Å². The van der Waals surface area contributed by atoms with Gasteiger partial charge in [-0.05, 0) is 37.5 Å². The maximum atomic E-state index is 12.9. The molecule has 0 amide bonds. The molecule has 0 fully saturated rings. The van der Waals surface area contributed by atoms with E-state index in [1.807, 2.05) is 0 Å². The fraction of sp³-hybridized carbons (Fsp3) is 0.932. The Balaban J connectivity index is 5.21. The number of aliphatic hydroxyl groups is 1. The summed E-state index contributed by atoms with van der Waals surface area (Å²) in [4.78, 5) is 71.8. The summed E-state index contributed by atoms with van der Waals surface area (Å²) < 4.78 is 67.6. The van der Waals surface area contributed by atoms with Crippen molar-refractivity contribution in [3.05, 3.63) is 0 Å². The van der Waals surface area contributed by atoms with E-state index in [0.29, 0.717) is 25.7 Å². The van der Waals surface area contributed by atoms with Crippen LogP contribution in [0, 0.1) is 11.8 Å². The highest BCUT2D eigenvalue weighted by Gasteiger charge is 2.30. The third kappa shape index (κ3) is 52.2. The van der Waals surface area contributed by atoms with E-state index >= 15 is 0 Å². The minimum absolute atomic E-state index is 0.104. The summed E-state index contributed by atoms with van der Waals surface area (Å²) in [5, 5.41) is 10.5. The van der Waals surface area contributed by atoms with Crippen LogP contribution in [0.4, 0.5) is 0 Å². The summed E-state index contributed by atoms with van der Waals surface area (Å²) in [5.41, 5.74) is 0. The van der Waals surface area contributed by atoms with Gasteiger partial charge >= 0.3 is 39.5 Å². The highest BCUT2D eigenvalue weighted by atomic mass is 31.2. The van der Waals surface area contributed by atoms with Gasteiger partial charge in [-0.15, -0.1) is 0 Å². The molecule has 0 bridgehead atoms. The summed E-state index contributed by atoms with van der Waals surface area (Å²) in [6.45, 7) is 9.33. The fourth-order valence-corrected chi connectivity index (χ4v) is 10.2. The Morgan fingerprint density at radius 1 is 0.372 bits per heavy atom. The van der Waals surface area contributed by atoms with E-state index in [-0.39, 0.29) is 25.7 Å². The molecule has 78 heavy (non-hydrogen) atoms. The number of ether oxygens (including phenoxy) is 4. The van der Waals surface area contributed by atoms with Crippen molar-refractivity contribution in [3.63, 3.8) is 0 Å². The first-order chi connectivity index (χ1) is 37.4. The molecule has 0 spiro atoms. The van der Waals surface area contributed by atoms with Gasteiger partial charge in [-0.2, -0.15) is 0 Å². The number of esters is 4. The van der Waals surface area contributed by atoms with Crippen LogP contribution in [0.5, 0.6) is 0 Å². The number of aliphatic hydroxyl groups excluding tert-OH is 1. The lowest BCUT2D eigenvalue weighted by Crippen LogP contribution is -2.30. The molecule has 0 heterocycles. The Hall–Kier alpha value is -1.94. The van der Waals surface area contributed by atoms with Gasteiger partial charge in [-0.3, -0.25) is 37.3 Å². The van der Waals surface area contributed by atoms with E-state index in [1.54, 1.807) is 0 Å². The van der Waals surface area contributed by atoms with Crippen LogP contribution < -0.4 is 0 Å². The molecule has 0 aliphatic rings. The topological polar surface area (TPSA) is 237 Å². The molecule has 0 aromatic carbocycles. The molecule has 0 rings (SSSR count). The minimum atomic E-state index is -4.94. The van der Waals surface area contributed by atoms with E-state index < -0.39 is 97.5 Å². The number of hydrogen-bond donors (Lipinski definition) is 3. The first kappa shape index (κ1) is 76.1. The van der Waals surface area contributed by atoms with Crippen LogP contribution in [-0.4, -0.2) is 96.7 Å². The van der Waals surface area contributed by atoms with Crippen molar-refractivity contribution in [2.75, 3.05) is 39.6 Å². The van der Waals surface area contributed by atoms with E-state index in [9.17, 15) is 43.2 Å². The number of hydrogen-bond acceptors (Lipinski definition) is 15. The molecular weight excluding hydrogens is 1040 g/mol. The standard InChI is InChI=1S/C59H114O17P2/c1-7-10-12-14-16-23-31-37-43-58(63)75-54(47-69-56(61)41-35-29-21-15-13-11-8-2)49-73-77(65,66)71-45-53(60)46-72-78(67,68)74-50-55(48-70-57(62)42-36-30-26-25-28-34-40-52(6)9-3)76-59(64)44-38-32-24-20-18-17-19-22-27-33-39-51(4)5/h51-55,60H,7-50H2,1-6H3,(H,65,66)(H,67,68)/t52?,53-,54+,55+/m0/s1. The highest BCUT2D eigenvalue weighted by Crippen LogP contribution is 2.45. The molecule has 3 unspecified atom stereocenters. The highest BCUT2D eigenvalue weighted by molar-refractivity contribution is 7.47. The molecule has 0 radical (unpaired) electrons. The average Bonchev–Trinajstić information content (AvgIpc) is 3.40. The third-order valence-corrected chi connectivity index (χ3v) is 15.7. The predicted octanol–water partition coefficient (Wildman–Crippen LogP) is 15.7. The van der Waals surface area contributed by atoms with Crippen LogP contribution in [0.2, 0.25) is 0 Å². The van der Waals surface area contributed by atoms with Gasteiger partial charge in [0, 0.05) is 25.7 Å². The minimum Gasteiger partial charge on any atom is -0.462 e. The van der Waals surface area contributed by atoms with E-state index in [4.69, 9.17) is 37.0 Å². The van der Waals surface area contributed by atoms with Gasteiger partial charge in [0.1, 0.15) is 19.3 Å². The largest absolute Gasteiger partial charge is 0.472 e. The third-order valence-electron chi connectivity index (χ3n) is 13.8. The molecule has 17 nitrogen and oxygen atoms in total. The summed E-state index contributed by atoms with van der Waals surface area (Å²) in [6, 6.07) is 0. The Morgan fingerprint density at radius 2 is 0.654 bits per heavy atom. The Labute approximate surface area is 473 Å². The van der Waals surface area contributed by atoms with Crippen LogP contribution in [0.15, 0.2) is 0 Å². The van der Waals surface area contributed by atoms with Crippen molar-refractivity contribution in [2.24, 2.45) is 11.8 Å². The van der Waals surface area contributed by atoms with Crippen molar-refractivity contribution in [1.82, 2.24) is 0 Å². The monoisotopic (exact) mass is 1160 g/mol. The zero-order valence-corrected chi connectivity index (χ0v) is 51.7. The SMILES string of the molecule is CCCCCCCCCCC(=O)O[C@H](COC(=O)CCCCCCCCC)COP(=O)(O)OC[C@H](O)COP(=O)(O)OC[C@@H](COC(=O)CCCCCCCCC(C)CC)OC(=O)CCCCCCCCCCCCC(C)C. The summed E-state index contributed by atoms with van der Waals surface area (Å²) in [7, 11) is -9.87. The number of phosphoric ester groups is 2. The van der Waals surface area contributed by atoms with E-state index in [0.717, 1.165) is 127 Å². The molecule has 0 aromatic heterocycles. The second-order valence-corrected chi connectivity index (χ2v) is 25.0. The maximum absolute atomic E-state index is 12.9. The van der Waals surface area contributed by atoms with Gasteiger partial charge < -0.3 is 33.8 Å². The van der Waals surface area contributed by atoms with Crippen LogP contribution in [0.25, 0.3) is 0 Å². The second-order valence-electron chi connectivity index (χ2n) is 22.1. The summed E-state index contributed by atoms with van der Waals surface area (Å²) >= 11 is 0. The quantitative estimate of drug-likeness (QED) is 0.0222. The van der Waals surface area contributed by atoms with Crippen molar-refractivity contribution < 1.29 is 80.2 Å². The molecule has 0 aliphatic carbocycles. The summed E-state index contributed by atoms with van der Waals surface area (Å²) in [5.74, 6) is -0.666. The van der Waals surface area contributed by atoms with Gasteiger partial charge in [0.2, 0.25) is 0 Å². The Morgan fingerprint density at radius 3 is 0.974 bits per heavy atom. The van der Waals surface area contributed by atoms with Crippen molar-refractivity contribution in [1.29, 1.82) is 0 Å². The lowest BCUT2D eigenvalue weighted by Gasteiger charge is -2.21. The molecule has 462 valence electrons. The fourth-order valence-electron chi connectivity index (χ4n) is 8.61. The van der Waals surface area contributed by atoms with Crippen molar-refractivity contribution in [2.45, 2.75) is 304 Å². The number of carbonyl (C=O) groups is 4. The Kier molecular flexibility index (Phi) is 50.6. The zero-order valence-electron chi connectivity index (χ0n) is 50.0. The molecule has 3 N–H and O–H groups in total. The van der Waals surface area contributed by atoms with E-state index in [2.05, 4.69) is 41.5 Å². The number of rotatable bonds is 58. The smallest absolute Gasteiger partial charge is 0.462 e. The van der Waals surface area contributed by atoms with Crippen LogP contribution in [0.3, 0.4) is 0 Å². The molecule has 6 atom stereocenters. The maximum Gasteiger partial charge on any atom is 0.472 e. The van der Waals surface area contributed by atoms with E-state index in [1.165, 1.54) is 77.0 Å². The van der Waals surface area contributed by atoms with Gasteiger partial charge in [-0.25, -0.2) is 9.13 Å². The lowest BCUT2D eigenvalue weighted by atomic mass is 10.00. The molecule has 0 saturated carbocycles. The van der Waals surface area contributed by atoms with Crippen LogP contribution in [0.1, 0.15) is 286 Å². The molecule has 0 aromatic rings. The zero-order chi connectivity index (χ0) is 58.0. The first-order valence-corrected chi connectivity index (χ1v) is 34.0. The molecule has 0 saturated heterocycles. The van der Waals surface area contributed by atoms with Crippen LogP contribution in [-0.2, 0) is 65.4 Å².